The zero-order valence-electron chi connectivity index (χ0n) is 15.4. The molecule has 0 amide bonds. The van der Waals surface area contributed by atoms with Crippen LogP contribution in [0.5, 0.6) is 0 Å². The average Bonchev–Trinajstić information content (AvgIpc) is 2.87. The molecule has 25 heavy (non-hydrogen) atoms. The van der Waals surface area contributed by atoms with Gasteiger partial charge in [-0.25, -0.2) is 4.79 Å². The van der Waals surface area contributed by atoms with E-state index in [0.29, 0.717) is 43.3 Å². The van der Waals surface area contributed by atoms with E-state index < -0.39 is 23.4 Å². The van der Waals surface area contributed by atoms with Gasteiger partial charge >= 0.3 is 5.97 Å². The van der Waals surface area contributed by atoms with E-state index in [4.69, 9.17) is 4.74 Å². The lowest BCUT2D eigenvalue weighted by Crippen LogP contribution is -2.34. The highest BCUT2D eigenvalue weighted by molar-refractivity contribution is 5.90. The Hall–Kier alpha value is -1.43. The van der Waals surface area contributed by atoms with Gasteiger partial charge in [0.25, 0.3) is 0 Å². The molecule has 5 heteroatoms. The van der Waals surface area contributed by atoms with Crippen molar-refractivity contribution in [2.75, 3.05) is 0 Å². The summed E-state index contributed by atoms with van der Waals surface area (Å²) in [7, 11) is 0. The number of aliphatic hydroxyl groups excluding tert-OH is 1. The van der Waals surface area contributed by atoms with Crippen LogP contribution >= 0.6 is 0 Å². The van der Waals surface area contributed by atoms with Crippen molar-refractivity contribution in [3.8, 4) is 0 Å². The summed E-state index contributed by atoms with van der Waals surface area (Å²) in [6, 6.07) is 0. The van der Waals surface area contributed by atoms with Crippen LogP contribution in [0.3, 0.4) is 0 Å². The number of rotatable bonds is 1. The summed E-state index contributed by atoms with van der Waals surface area (Å²) in [5, 5.41) is 31.7. The predicted octanol–water partition coefficient (Wildman–Crippen LogP) is 2.41. The maximum atomic E-state index is 12.0. The van der Waals surface area contributed by atoms with Gasteiger partial charge in [0.15, 0.2) is 0 Å². The number of aliphatic hydroxyl groups is 3. The van der Waals surface area contributed by atoms with Crippen LogP contribution in [-0.2, 0) is 9.53 Å². The van der Waals surface area contributed by atoms with Gasteiger partial charge in [0.05, 0.1) is 17.3 Å². The molecule has 0 spiro atoms. The lowest BCUT2D eigenvalue weighted by Gasteiger charge is -2.31. The highest BCUT2D eigenvalue weighted by Gasteiger charge is 2.33. The van der Waals surface area contributed by atoms with Gasteiger partial charge in [-0.1, -0.05) is 32.6 Å². The first-order chi connectivity index (χ1) is 11.5. The molecule has 1 heterocycles. The fraction of sp³-hybridized carbons (Fsp3) is 0.650. The Morgan fingerprint density at radius 2 is 1.96 bits per heavy atom. The van der Waals surface area contributed by atoms with Crippen molar-refractivity contribution in [3.63, 3.8) is 0 Å². The Morgan fingerprint density at radius 1 is 1.28 bits per heavy atom. The molecule has 0 aromatic rings. The molecule has 2 rings (SSSR count). The van der Waals surface area contributed by atoms with E-state index in [2.05, 4.69) is 6.58 Å². The van der Waals surface area contributed by atoms with Gasteiger partial charge in [-0.05, 0) is 50.2 Å². The number of hydrogen-bond donors (Lipinski definition) is 3. The van der Waals surface area contributed by atoms with E-state index in [1.54, 1.807) is 25.2 Å². The highest BCUT2D eigenvalue weighted by Crippen LogP contribution is 2.32. The van der Waals surface area contributed by atoms with Crippen LogP contribution in [0.15, 0.2) is 36.0 Å². The Balaban J connectivity index is 2.30. The average molecular weight is 350 g/mol. The van der Waals surface area contributed by atoms with E-state index in [-0.39, 0.29) is 11.9 Å². The Bertz CT molecular complexity index is 587. The second-order valence-electron chi connectivity index (χ2n) is 7.89. The largest absolute Gasteiger partial charge is 0.454 e. The Morgan fingerprint density at radius 3 is 2.60 bits per heavy atom. The molecule has 5 nitrogen and oxygen atoms in total. The minimum absolute atomic E-state index is 0.0772. The SMILES string of the molecule is C=C1C[C@H]2C=C(CC[C@@](O)(C(C)C)/C=C/[C@](C)(O)CC[C@@H]1O)C(=O)O2. The molecular weight excluding hydrogens is 320 g/mol. The van der Waals surface area contributed by atoms with Crippen molar-refractivity contribution in [1.29, 1.82) is 0 Å². The van der Waals surface area contributed by atoms with Crippen LogP contribution in [0.4, 0.5) is 0 Å². The fourth-order valence-corrected chi connectivity index (χ4v) is 3.16. The molecule has 0 saturated carbocycles. The Labute approximate surface area is 149 Å². The topological polar surface area (TPSA) is 87.0 Å². The maximum absolute atomic E-state index is 12.0. The van der Waals surface area contributed by atoms with E-state index >= 15 is 0 Å². The number of fused-ring (bicyclic) bond motifs is 1. The quantitative estimate of drug-likeness (QED) is 0.499. The molecule has 2 bridgehead atoms. The van der Waals surface area contributed by atoms with Crippen LogP contribution in [0.1, 0.15) is 52.9 Å². The number of carbonyl (C=O) groups excluding carboxylic acids is 1. The summed E-state index contributed by atoms with van der Waals surface area (Å²) in [5.41, 5.74) is -1.14. The number of hydrogen-bond acceptors (Lipinski definition) is 5. The van der Waals surface area contributed by atoms with Gasteiger partial charge < -0.3 is 20.1 Å². The molecule has 1 aliphatic carbocycles. The van der Waals surface area contributed by atoms with Gasteiger partial charge in [-0.15, -0.1) is 0 Å². The zero-order chi connectivity index (χ0) is 18.8. The molecule has 1 aliphatic heterocycles. The third-order valence-electron chi connectivity index (χ3n) is 5.29. The maximum Gasteiger partial charge on any atom is 0.334 e. The molecule has 4 atom stereocenters. The summed E-state index contributed by atoms with van der Waals surface area (Å²) in [5.74, 6) is -0.448. The van der Waals surface area contributed by atoms with Gasteiger partial charge in [-0.2, -0.15) is 0 Å². The van der Waals surface area contributed by atoms with Crippen molar-refractivity contribution in [2.45, 2.75) is 76.3 Å². The first kappa shape index (κ1) is 19.9. The summed E-state index contributed by atoms with van der Waals surface area (Å²) >= 11 is 0. The van der Waals surface area contributed by atoms with Crippen LogP contribution in [0.25, 0.3) is 0 Å². The summed E-state index contributed by atoms with van der Waals surface area (Å²) in [4.78, 5) is 12.0. The first-order valence-corrected chi connectivity index (χ1v) is 8.95. The minimum Gasteiger partial charge on any atom is -0.454 e. The van der Waals surface area contributed by atoms with E-state index in [0.717, 1.165) is 0 Å². The van der Waals surface area contributed by atoms with Crippen LogP contribution < -0.4 is 0 Å². The molecule has 0 radical (unpaired) electrons. The first-order valence-electron chi connectivity index (χ1n) is 8.95. The summed E-state index contributed by atoms with van der Waals surface area (Å²) in [6.45, 7) is 9.35. The molecule has 0 aromatic heterocycles. The molecular formula is C20H30O5. The van der Waals surface area contributed by atoms with Crippen molar-refractivity contribution >= 4 is 5.97 Å². The van der Waals surface area contributed by atoms with Crippen LogP contribution in [0.2, 0.25) is 0 Å². The summed E-state index contributed by atoms with van der Waals surface area (Å²) < 4.78 is 5.34. The van der Waals surface area contributed by atoms with E-state index in [1.807, 2.05) is 13.8 Å². The Kier molecular flexibility index (Phi) is 5.92. The fourth-order valence-electron chi connectivity index (χ4n) is 3.16. The molecule has 0 aromatic carbocycles. The lowest BCUT2D eigenvalue weighted by molar-refractivity contribution is -0.139. The van der Waals surface area contributed by atoms with Crippen molar-refractivity contribution in [2.24, 2.45) is 5.92 Å². The van der Waals surface area contributed by atoms with Crippen LogP contribution in [0, 0.1) is 5.92 Å². The molecule has 3 N–H and O–H groups in total. The molecule has 0 unspecified atom stereocenters. The number of ether oxygens (including phenoxy) is 1. The number of carbonyl (C=O) groups is 1. The van der Waals surface area contributed by atoms with Gasteiger partial charge in [-0.3, -0.25) is 0 Å². The highest BCUT2D eigenvalue weighted by atomic mass is 16.5. The smallest absolute Gasteiger partial charge is 0.334 e. The molecule has 0 saturated heterocycles. The van der Waals surface area contributed by atoms with E-state index in [1.165, 1.54) is 0 Å². The minimum atomic E-state index is -1.14. The second-order valence-corrected chi connectivity index (χ2v) is 7.89. The monoisotopic (exact) mass is 350 g/mol. The lowest BCUT2D eigenvalue weighted by atomic mass is 9.82. The van der Waals surface area contributed by atoms with Crippen LogP contribution in [-0.4, -0.2) is 44.7 Å². The van der Waals surface area contributed by atoms with Crippen molar-refractivity contribution in [1.82, 2.24) is 0 Å². The molecule has 0 fully saturated rings. The second kappa shape index (κ2) is 7.44. The third kappa shape index (κ3) is 5.03. The van der Waals surface area contributed by atoms with Gasteiger partial charge in [0, 0.05) is 12.0 Å². The van der Waals surface area contributed by atoms with Gasteiger partial charge in [0.2, 0.25) is 0 Å². The molecule has 2 aliphatic rings. The third-order valence-corrected chi connectivity index (χ3v) is 5.29. The molecule has 140 valence electrons. The van der Waals surface area contributed by atoms with Crippen molar-refractivity contribution in [3.05, 3.63) is 36.0 Å². The predicted molar refractivity (Wildman–Crippen MR) is 95.7 cm³/mol. The normalized spacial score (nSPS) is 38.9. The number of esters is 1. The standard InChI is InChI=1S/C20H30O5/c1-13(2)20(24)8-5-15-12-16(25-18(15)22)11-14(3)17(21)6-7-19(4,23)9-10-20/h9-10,12-13,16-17,21,23-24H,3,5-8,11H2,1-2,4H3/b10-9+/t16-,17-,19+,20-/m0/s1. The van der Waals surface area contributed by atoms with Crippen molar-refractivity contribution < 1.29 is 24.9 Å². The van der Waals surface area contributed by atoms with E-state index in [9.17, 15) is 20.1 Å². The summed E-state index contributed by atoms with van der Waals surface area (Å²) in [6.07, 6.45) is 5.60. The zero-order valence-corrected chi connectivity index (χ0v) is 15.4. The van der Waals surface area contributed by atoms with Gasteiger partial charge in [0.1, 0.15) is 6.10 Å².